The fraction of sp³-hybridized carbons (Fsp3) is 0.238. The van der Waals surface area contributed by atoms with Crippen molar-refractivity contribution in [2.75, 3.05) is 13.1 Å². The minimum absolute atomic E-state index is 0.222. The molecule has 5 heteroatoms. The van der Waals surface area contributed by atoms with Crippen molar-refractivity contribution in [2.24, 2.45) is 0 Å². The third-order valence-electron chi connectivity index (χ3n) is 4.66. The van der Waals surface area contributed by atoms with E-state index in [9.17, 15) is 4.79 Å². The summed E-state index contributed by atoms with van der Waals surface area (Å²) in [4.78, 5) is 22.2. The molecule has 0 aliphatic rings. The van der Waals surface area contributed by atoms with Gasteiger partial charge < -0.3 is 9.40 Å². The molecule has 0 radical (unpaired) electrons. The fourth-order valence-corrected chi connectivity index (χ4v) is 3.22. The molecular weight excluding hydrogens is 326 g/mol. The van der Waals surface area contributed by atoms with Gasteiger partial charge in [0, 0.05) is 11.9 Å². The summed E-state index contributed by atoms with van der Waals surface area (Å²) in [5, 5.41) is 0.877. The van der Waals surface area contributed by atoms with Crippen molar-refractivity contribution in [3.8, 4) is 0 Å². The van der Waals surface area contributed by atoms with Crippen molar-refractivity contribution in [2.45, 2.75) is 19.9 Å². The highest BCUT2D eigenvalue weighted by Gasteiger charge is 2.14. The molecule has 4 rings (SSSR count). The van der Waals surface area contributed by atoms with Crippen molar-refractivity contribution < 1.29 is 4.42 Å². The smallest absolute Gasteiger partial charge is 0.294 e. The zero-order chi connectivity index (χ0) is 17.9. The molecule has 2 aromatic heterocycles. The van der Waals surface area contributed by atoms with Crippen LogP contribution in [0.3, 0.4) is 0 Å². The highest BCUT2D eigenvalue weighted by Crippen LogP contribution is 2.24. The van der Waals surface area contributed by atoms with Gasteiger partial charge in [-0.3, -0.25) is 9.69 Å². The molecule has 0 unspecified atom stereocenters. The minimum Gasteiger partial charge on any atom is -0.449 e. The number of furan rings is 1. The summed E-state index contributed by atoms with van der Waals surface area (Å²) in [6.07, 6.45) is 0.968. The van der Waals surface area contributed by atoms with Gasteiger partial charge in [-0.25, -0.2) is 4.98 Å². The van der Waals surface area contributed by atoms with Gasteiger partial charge in [-0.2, -0.15) is 0 Å². The number of para-hydroxylation sites is 1. The molecule has 0 aliphatic heterocycles. The second-order valence-corrected chi connectivity index (χ2v) is 6.39. The van der Waals surface area contributed by atoms with Gasteiger partial charge >= 0.3 is 0 Å². The standard InChI is InChI=1S/C21H21N3O2/c1-2-24(13-12-15-8-4-3-5-9-15)14-18-22-19-16-10-6-7-11-17(16)26-20(19)21(25)23-18/h3-11H,2,12-14H2,1H3,(H,22,23,25). The van der Waals surface area contributed by atoms with Crippen LogP contribution in [-0.4, -0.2) is 28.0 Å². The van der Waals surface area contributed by atoms with Crippen molar-refractivity contribution in [3.63, 3.8) is 0 Å². The monoisotopic (exact) mass is 347 g/mol. The van der Waals surface area contributed by atoms with Crippen LogP contribution < -0.4 is 5.56 Å². The molecule has 1 N–H and O–H groups in total. The molecule has 0 amide bonds. The molecule has 0 spiro atoms. The Balaban J connectivity index is 1.59. The Kier molecular flexibility index (Phi) is 4.54. The molecule has 0 bridgehead atoms. The number of nitrogens with zero attached hydrogens (tertiary/aromatic N) is 2. The van der Waals surface area contributed by atoms with Gasteiger partial charge in [-0.05, 0) is 30.7 Å². The molecule has 132 valence electrons. The molecular formula is C21H21N3O2. The molecule has 0 atom stereocenters. The number of aromatic amines is 1. The number of benzene rings is 2. The zero-order valence-corrected chi connectivity index (χ0v) is 14.7. The Hall–Kier alpha value is -2.92. The lowest BCUT2D eigenvalue weighted by atomic mass is 10.1. The largest absolute Gasteiger partial charge is 0.449 e. The maximum atomic E-state index is 12.4. The van der Waals surface area contributed by atoms with E-state index < -0.39 is 0 Å². The van der Waals surface area contributed by atoms with Crippen LogP contribution in [0.2, 0.25) is 0 Å². The summed E-state index contributed by atoms with van der Waals surface area (Å²) in [6, 6.07) is 18.0. The number of aromatic nitrogens is 2. The number of fused-ring (bicyclic) bond motifs is 3. The van der Waals surface area contributed by atoms with Gasteiger partial charge in [0.25, 0.3) is 5.56 Å². The Bertz CT molecular complexity index is 1080. The highest BCUT2D eigenvalue weighted by atomic mass is 16.3. The highest BCUT2D eigenvalue weighted by molar-refractivity contribution is 6.01. The zero-order valence-electron chi connectivity index (χ0n) is 14.7. The Morgan fingerprint density at radius 3 is 2.65 bits per heavy atom. The fourth-order valence-electron chi connectivity index (χ4n) is 3.22. The average molecular weight is 347 g/mol. The SMILES string of the molecule is CCN(CCc1ccccc1)Cc1nc2c(oc3ccccc32)c(=O)[nH]1. The molecule has 2 heterocycles. The van der Waals surface area contributed by atoms with Crippen LogP contribution in [-0.2, 0) is 13.0 Å². The van der Waals surface area contributed by atoms with Gasteiger partial charge in [0.05, 0.1) is 6.54 Å². The number of hydrogen-bond acceptors (Lipinski definition) is 4. The van der Waals surface area contributed by atoms with E-state index in [2.05, 4.69) is 46.1 Å². The lowest BCUT2D eigenvalue weighted by molar-refractivity contribution is 0.276. The van der Waals surface area contributed by atoms with Crippen LogP contribution in [0.15, 0.2) is 63.8 Å². The van der Waals surface area contributed by atoms with E-state index in [0.717, 1.165) is 24.9 Å². The van der Waals surface area contributed by atoms with Gasteiger partial charge in [0.2, 0.25) is 5.58 Å². The van der Waals surface area contributed by atoms with E-state index in [1.54, 1.807) is 0 Å². The first-order chi connectivity index (χ1) is 12.7. The van der Waals surface area contributed by atoms with Crippen molar-refractivity contribution in [1.82, 2.24) is 14.9 Å². The molecule has 0 fully saturated rings. The topological polar surface area (TPSA) is 62.1 Å². The maximum absolute atomic E-state index is 12.4. The normalized spacial score (nSPS) is 11.6. The second-order valence-electron chi connectivity index (χ2n) is 6.39. The Morgan fingerprint density at radius 2 is 1.85 bits per heavy atom. The van der Waals surface area contributed by atoms with Crippen LogP contribution in [0.25, 0.3) is 22.1 Å². The number of nitrogens with one attached hydrogen (secondary N) is 1. The summed E-state index contributed by atoms with van der Waals surface area (Å²) < 4.78 is 5.65. The Morgan fingerprint density at radius 1 is 1.08 bits per heavy atom. The third-order valence-corrected chi connectivity index (χ3v) is 4.66. The van der Waals surface area contributed by atoms with Gasteiger partial charge in [-0.1, -0.05) is 49.4 Å². The van der Waals surface area contributed by atoms with E-state index in [1.807, 2.05) is 30.3 Å². The first-order valence-corrected chi connectivity index (χ1v) is 8.91. The Labute approximate surface area is 151 Å². The van der Waals surface area contributed by atoms with Crippen LogP contribution in [0.4, 0.5) is 0 Å². The summed E-state index contributed by atoms with van der Waals surface area (Å²) in [7, 11) is 0. The van der Waals surface area contributed by atoms with Crippen LogP contribution in [0.1, 0.15) is 18.3 Å². The summed E-state index contributed by atoms with van der Waals surface area (Å²) in [5.74, 6) is 0.670. The predicted octanol–water partition coefficient (Wildman–Crippen LogP) is 3.73. The number of rotatable bonds is 6. The molecule has 2 aromatic carbocycles. The molecule has 0 saturated carbocycles. The van der Waals surface area contributed by atoms with Crippen molar-refractivity contribution in [3.05, 3.63) is 76.3 Å². The first-order valence-electron chi connectivity index (χ1n) is 8.91. The first kappa shape index (κ1) is 16.5. The van der Waals surface area contributed by atoms with Crippen LogP contribution >= 0.6 is 0 Å². The second kappa shape index (κ2) is 7.14. The summed E-state index contributed by atoms with van der Waals surface area (Å²) in [6.45, 7) is 4.53. The lowest BCUT2D eigenvalue weighted by Crippen LogP contribution is -2.27. The van der Waals surface area contributed by atoms with Gasteiger partial charge in [0.1, 0.15) is 16.9 Å². The van der Waals surface area contributed by atoms with Crippen LogP contribution in [0.5, 0.6) is 0 Å². The van der Waals surface area contributed by atoms with E-state index >= 15 is 0 Å². The van der Waals surface area contributed by atoms with Crippen LogP contribution in [0, 0.1) is 0 Å². The van der Waals surface area contributed by atoms with E-state index in [0.29, 0.717) is 29.1 Å². The molecule has 5 nitrogen and oxygen atoms in total. The van der Waals surface area contributed by atoms with Crippen molar-refractivity contribution in [1.29, 1.82) is 0 Å². The predicted molar refractivity (Wildman–Crippen MR) is 103 cm³/mol. The van der Waals surface area contributed by atoms with E-state index in [4.69, 9.17) is 4.42 Å². The summed E-state index contributed by atoms with van der Waals surface area (Å²) >= 11 is 0. The van der Waals surface area contributed by atoms with Crippen molar-refractivity contribution >= 4 is 22.1 Å². The minimum atomic E-state index is -0.222. The number of H-pyrrole nitrogens is 1. The number of likely N-dealkylation sites (N-methyl/N-ethyl adjacent to an activating group) is 1. The van der Waals surface area contributed by atoms with E-state index in [1.165, 1.54) is 5.56 Å². The molecule has 26 heavy (non-hydrogen) atoms. The summed E-state index contributed by atoms with van der Waals surface area (Å²) in [5.41, 5.74) is 2.71. The quantitative estimate of drug-likeness (QED) is 0.577. The average Bonchev–Trinajstić information content (AvgIpc) is 3.05. The maximum Gasteiger partial charge on any atom is 0.294 e. The molecule has 4 aromatic rings. The number of hydrogen-bond donors (Lipinski definition) is 1. The third kappa shape index (κ3) is 3.26. The molecule has 0 aliphatic carbocycles. The lowest BCUT2D eigenvalue weighted by Gasteiger charge is -2.19. The van der Waals surface area contributed by atoms with Gasteiger partial charge in [-0.15, -0.1) is 0 Å². The molecule has 0 saturated heterocycles. The van der Waals surface area contributed by atoms with E-state index in [-0.39, 0.29) is 5.56 Å². The van der Waals surface area contributed by atoms with Gasteiger partial charge in [0.15, 0.2) is 0 Å².